The van der Waals surface area contributed by atoms with Gasteiger partial charge in [-0.3, -0.25) is 4.79 Å². The van der Waals surface area contributed by atoms with Gasteiger partial charge >= 0.3 is 0 Å². The van der Waals surface area contributed by atoms with Gasteiger partial charge in [0.2, 0.25) is 0 Å². The van der Waals surface area contributed by atoms with Gasteiger partial charge < -0.3 is 10.6 Å². The molecule has 3 heteroatoms. The summed E-state index contributed by atoms with van der Waals surface area (Å²) in [5.74, 6) is 0.0604. The maximum atomic E-state index is 12.7. The largest absolute Gasteiger partial charge is 0.399 e. The number of carbonyl (C=O) groups is 1. The summed E-state index contributed by atoms with van der Waals surface area (Å²) in [7, 11) is 0. The van der Waals surface area contributed by atoms with Crippen molar-refractivity contribution in [2.45, 2.75) is 18.9 Å². The van der Waals surface area contributed by atoms with Crippen molar-refractivity contribution in [2.75, 3.05) is 5.73 Å². The Hall–Kier alpha value is -2.55. The van der Waals surface area contributed by atoms with Gasteiger partial charge in [0.05, 0.1) is 6.04 Å². The van der Waals surface area contributed by atoms with Crippen LogP contribution in [-0.4, -0.2) is 10.8 Å². The summed E-state index contributed by atoms with van der Waals surface area (Å²) in [5, 5.41) is 0. The minimum absolute atomic E-state index is 0.0604. The zero-order valence-electron chi connectivity index (χ0n) is 11.7. The van der Waals surface area contributed by atoms with Gasteiger partial charge in [0.1, 0.15) is 0 Å². The van der Waals surface area contributed by atoms with Gasteiger partial charge in [0.25, 0.3) is 5.91 Å². The Balaban J connectivity index is 1.78. The second-order valence-corrected chi connectivity index (χ2v) is 5.68. The fraction of sp³-hybridized carbons (Fsp3) is 0.167. The normalized spacial score (nSPS) is 19.8. The first-order valence-corrected chi connectivity index (χ1v) is 7.17. The molecule has 0 saturated carbocycles. The van der Waals surface area contributed by atoms with Crippen molar-refractivity contribution in [1.29, 1.82) is 0 Å². The third-order valence-electron chi connectivity index (χ3n) is 4.50. The van der Waals surface area contributed by atoms with Gasteiger partial charge in [-0.25, -0.2) is 0 Å². The molecule has 1 unspecified atom stereocenters. The average molecular weight is 276 g/mol. The zero-order valence-corrected chi connectivity index (χ0v) is 11.7. The maximum Gasteiger partial charge on any atom is 0.259 e. The third kappa shape index (κ3) is 1.64. The first kappa shape index (κ1) is 12.2. The van der Waals surface area contributed by atoms with Crippen LogP contribution in [0.1, 0.15) is 39.5 Å². The SMILES string of the molecule is C=C1c2ccccc2C(=O)N1C1CCc2cc(N)ccc21. The fourth-order valence-corrected chi connectivity index (χ4v) is 3.52. The fourth-order valence-electron chi connectivity index (χ4n) is 3.52. The standard InChI is InChI=1S/C18H16N2O/c1-11-14-4-2-3-5-16(14)18(21)20(11)17-9-6-12-10-13(19)7-8-15(12)17/h2-5,7-8,10,17H,1,6,9,19H2. The summed E-state index contributed by atoms with van der Waals surface area (Å²) in [6.07, 6.45) is 1.88. The highest BCUT2D eigenvalue weighted by atomic mass is 16.2. The Bertz CT molecular complexity index is 744. The van der Waals surface area contributed by atoms with E-state index >= 15 is 0 Å². The number of benzene rings is 2. The summed E-state index contributed by atoms with van der Waals surface area (Å²) >= 11 is 0. The summed E-state index contributed by atoms with van der Waals surface area (Å²) in [4.78, 5) is 14.6. The van der Waals surface area contributed by atoms with Crippen LogP contribution >= 0.6 is 0 Å². The number of nitrogen functional groups attached to an aromatic ring is 1. The number of nitrogens with zero attached hydrogens (tertiary/aromatic N) is 1. The predicted octanol–water partition coefficient (Wildman–Crippen LogP) is 3.38. The van der Waals surface area contributed by atoms with Crippen molar-refractivity contribution in [3.05, 3.63) is 71.3 Å². The van der Waals surface area contributed by atoms with Gasteiger partial charge in [-0.1, -0.05) is 30.8 Å². The van der Waals surface area contributed by atoms with E-state index in [1.54, 1.807) is 0 Å². The van der Waals surface area contributed by atoms with Gasteiger partial charge in [0, 0.05) is 22.5 Å². The second kappa shape index (κ2) is 4.22. The minimum atomic E-state index is 0.0604. The van der Waals surface area contributed by atoms with E-state index in [0.29, 0.717) is 0 Å². The van der Waals surface area contributed by atoms with Crippen LogP contribution in [0.3, 0.4) is 0 Å². The first-order valence-electron chi connectivity index (χ1n) is 7.17. The second-order valence-electron chi connectivity index (χ2n) is 5.68. The van der Waals surface area contributed by atoms with Crippen LogP contribution in [0.4, 0.5) is 5.69 Å². The Kier molecular flexibility index (Phi) is 2.45. The lowest BCUT2D eigenvalue weighted by atomic mass is 10.1. The number of rotatable bonds is 1. The van der Waals surface area contributed by atoms with E-state index in [1.165, 1.54) is 11.1 Å². The quantitative estimate of drug-likeness (QED) is 0.812. The molecule has 104 valence electrons. The molecular formula is C18H16N2O. The van der Waals surface area contributed by atoms with Crippen LogP contribution in [0.5, 0.6) is 0 Å². The van der Waals surface area contributed by atoms with E-state index in [0.717, 1.165) is 35.4 Å². The van der Waals surface area contributed by atoms with Gasteiger partial charge in [-0.05, 0) is 42.2 Å². The summed E-state index contributed by atoms with van der Waals surface area (Å²) in [5.41, 5.74) is 11.6. The Morgan fingerprint density at radius 3 is 2.67 bits per heavy atom. The number of nitrogens with two attached hydrogens (primary N) is 1. The molecule has 1 aliphatic carbocycles. The summed E-state index contributed by atoms with van der Waals surface area (Å²) in [6, 6.07) is 13.7. The third-order valence-corrected chi connectivity index (χ3v) is 4.50. The molecule has 1 atom stereocenters. The first-order chi connectivity index (χ1) is 10.2. The van der Waals surface area contributed by atoms with Crippen LogP contribution < -0.4 is 5.73 Å². The number of hydrogen-bond acceptors (Lipinski definition) is 2. The van der Waals surface area contributed by atoms with Gasteiger partial charge in [0.15, 0.2) is 0 Å². The van der Waals surface area contributed by atoms with Gasteiger partial charge in [-0.2, -0.15) is 0 Å². The number of carbonyl (C=O) groups excluding carboxylic acids is 1. The maximum absolute atomic E-state index is 12.7. The molecule has 2 aromatic rings. The molecule has 0 spiro atoms. The molecule has 1 amide bonds. The van der Waals surface area contributed by atoms with E-state index in [-0.39, 0.29) is 11.9 Å². The van der Waals surface area contributed by atoms with Crippen LogP contribution in [0, 0.1) is 0 Å². The molecule has 3 nitrogen and oxygen atoms in total. The molecule has 2 aliphatic rings. The number of anilines is 1. The highest BCUT2D eigenvalue weighted by molar-refractivity contribution is 6.09. The molecule has 0 radical (unpaired) electrons. The topological polar surface area (TPSA) is 46.3 Å². The molecule has 21 heavy (non-hydrogen) atoms. The number of aryl methyl sites for hydroxylation is 1. The molecule has 0 saturated heterocycles. The highest BCUT2D eigenvalue weighted by Gasteiger charge is 2.38. The van der Waals surface area contributed by atoms with Crippen molar-refractivity contribution in [3.63, 3.8) is 0 Å². The lowest BCUT2D eigenvalue weighted by molar-refractivity contribution is 0.0803. The Morgan fingerprint density at radius 2 is 1.90 bits per heavy atom. The van der Waals surface area contributed by atoms with E-state index in [4.69, 9.17) is 5.73 Å². The van der Waals surface area contributed by atoms with Crippen molar-refractivity contribution in [1.82, 2.24) is 4.90 Å². The van der Waals surface area contributed by atoms with Crippen LogP contribution in [0.2, 0.25) is 0 Å². The van der Waals surface area contributed by atoms with E-state index in [9.17, 15) is 4.79 Å². The molecule has 0 aromatic heterocycles. The predicted molar refractivity (Wildman–Crippen MR) is 83.6 cm³/mol. The van der Waals surface area contributed by atoms with Crippen LogP contribution in [0.25, 0.3) is 5.70 Å². The number of amides is 1. The highest BCUT2D eigenvalue weighted by Crippen LogP contribution is 2.44. The number of fused-ring (bicyclic) bond motifs is 2. The lowest BCUT2D eigenvalue weighted by Gasteiger charge is -2.26. The van der Waals surface area contributed by atoms with Crippen molar-refractivity contribution in [3.8, 4) is 0 Å². The summed E-state index contributed by atoms with van der Waals surface area (Å²) in [6.45, 7) is 4.14. The Labute approximate surface area is 123 Å². The molecule has 4 rings (SSSR count). The molecule has 2 aromatic carbocycles. The summed E-state index contributed by atoms with van der Waals surface area (Å²) < 4.78 is 0. The minimum Gasteiger partial charge on any atom is -0.399 e. The van der Waals surface area contributed by atoms with Gasteiger partial charge in [-0.15, -0.1) is 0 Å². The van der Waals surface area contributed by atoms with Crippen molar-refractivity contribution < 1.29 is 4.79 Å². The average Bonchev–Trinajstić information content (AvgIpc) is 2.99. The van der Waals surface area contributed by atoms with E-state index in [1.807, 2.05) is 47.4 Å². The number of hydrogen-bond donors (Lipinski definition) is 1. The van der Waals surface area contributed by atoms with Crippen LogP contribution in [-0.2, 0) is 6.42 Å². The van der Waals surface area contributed by atoms with E-state index in [2.05, 4.69) is 6.58 Å². The molecule has 1 aliphatic heterocycles. The van der Waals surface area contributed by atoms with Crippen molar-refractivity contribution >= 4 is 17.3 Å². The van der Waals surface area contributed by atoms with Crippen molar-refractivity contribution in [2.24, 2.45) is 0 Å². The molecular weight excluding hydrogens is 260 g/mol. The van der Waals surface area contributed by atoms with Crippen LogP contribution in [0.15, 0.2) is 49.0 Å². The Morgan fingerprint density at radius 1 is 1.14 bits per heavy atom. The molecule has 2 N–H and O–H groups in total. The lowest BCUT2D eigenvalue weighted by Crippen LogP contribution is -2.26. The van der Waals surface area contributed by atoms with E-state index < -0.39 is 0 Å². The molecule has 1 heterocycles. The molecule has 0 bridgehead atoms. The molecule has 0 fully saturated rings. The monoisotopic (exact) mass is 276 g/mol. The smallest absolute Gasteiger partial charge is 0.259 e. The zero-order chi connectivity index (χ0) is 14.6.